The van der Waals surface area contributed by atoms with Crippen LogP contribution in [0, 0.1) is 0 Å². The molecule has 1 amide bonds. The van der Waals surface area contributed by atoms with Gasteiger partial charge in [-0.1, -0.05) is 25.7 Å². The minimum Gasteiger partial charge on any atom is -0.395 e. The van der Waals surface area contributed by atoms with Crippen LogP contribution in [-0.2, 0) is 14.6 Å². The minimum atomic E-state index is -3.30. The predicted octanol–water partition coefficient (Wildman–Crippen LogP) is 1.11. The summed E-state index contributed by atoms with van der Waals surface area (Å²) in [6.45, 7) is 0.157. The van der Waals surface area contributed by atoms with Crippen molar-refractivity contribution in [1.82, 2.24) is 4.90 Å². The SMILES string of the molecule is O=C(C1CCCCS1(=O)=O)N(CCO)C1CCCCC1. The molecule has 6 heteroatoms. The third-order valence-electron chi connectivity index (χ3n) is 4.49. The summed E-state index contributed by atoms with van der Waals surface area (Å²) in [5.41, 5.74) is 0. The van der Waals surface area contributed by atoms with Gasteiger partial charge in [-0.2, -0.15) is 0 Å². The Bertz CT molecular complexity index is 428. The normalized spacial score (nSPS) is 27.1. The molecule has 2 fully saturated rings. The molecule has 1 saturated heterocycles. The molecule has 1 heterocycles. The Morgan fingerprint density at radius 2 is 1.70 bits per heavy atom. The molecule has 20 heavy (non-hydrogen) atoms. The number of aliphatic hydroxyl groups is 1. The van der Waals surface area contributed by atoms with Crippen LogP contribution in [0.15, 0.2) is 0 Å². The molecule has 0 spiro atoms. The van der Waals surface area contributed by atoms with Crippen LogP contribution in [0.2, 0.25) is 0 Å². The number of carbonyl (C=O) groups excluding carboxylic acids is 1. The van der Waals surface area contributed by atoms with E-state index in [4.69, 9.17) is 0 Å². The summed E-state index contributed by atoms with van der Waals surface area (Å²) >= 11 is 0. The Morgan fingerprint density at radius 3 is 2.30 bits per heavy atom. The molecule has 0 aromatic heterocycles. The fourth-order valence-electron chi connectivity index (χ4n) is 3.39. The molecule has 2 rings (SSSR count). The summed E-state index contributed by atoms with van der Waals surface area (Å²) in [5.74, 6) is -0.147. The van der Waals surface area contributed by atoms with Crippen molar-refractivity contribution in [2.24, 2.45) is 0 Å². The van der Waals surface area contributed by atoms with Crippen LogP contribution in [0.1, 0.15) is 51.4 Å². The van der Waals surface area contributed by atoms with Crippen molar-refractivity contribution in [3.8, 4) is 0 Å². The van der Waals surface area contributed by atoms with Crippen molar-refractivity contribution < 1.29 is 18.3 Å². The first-order valence-electron chi connectivity index (χ1n) is 7.69. The van der Waals surface area contributed by atoms with E-state index >= 15 is 0 Å². The van der Waals surface area contributed by atoms with E-state index in [9.17, 15) is 18.3 Å². The number of carbonyl (C=O) groups is 1. The van der Waals surface area contributed by atoms with Gasteiger partial charge in [0, 0.05) is 12.6 Å². The highest BCUT2D eigenvalue weighted by atomic mass is 32.2. The van der Waals surface area contributed by atoms with Gasteiger partial charge >= 0.3 is 0 Å². The van der Waals surface area contributed by atoms with Crippen LogP contribution < -0.4 is 0 Å². The largest absolute Gasteiger partial charge is 0.395 e. The third kappa shape index (κ3) is 3.52. The van der Waals surface area contributed by atoms with E-state index < -0.39 is 15.1 Å². The lowest BCUT2D eigenvalue weighted by Crippen LogP contribution is -2.51. The maximum atomic E-state index is 12.6. The lowest BCUT2D eigenvalue weighted by atomic mass is 9.93. The first-order chi connectivity index (χ1) is 9.56. The van der Waals surface area contributed by atoms with Gasteiger partial charge in [-0.25, -0.2) is 8.42 Å². The minimum absolute atomic E-state index is 0.102. The van der Waals surface area contributed by atoms with Crippen molar-refractivity contribution in [2.45, 2.75) is 62.7 Å². The second kappa shape index (κ2) is 6.89. The molecule has 1 unspecified atom stereocenters. The van der Waals surface area contributed by atoms with Crippen molar-refractivity contribution in [2.75, 3.05) is 18.9 Å². The number of rotatable bonds is 4. The zero-order valence-electron chi connectivity index (χ0n) is 12.0. The quantitative estimate of drug-likeness (QED) is 0.844. The number of hydrogen-bond acceptors (Lipinski definition) is 4. The molecule has 0 aromatic rings. The van der Waals surface area contributed by atoms with E-state index in [0.29, 0.717) is 12.8 Å². The van der Waals surface area contributed by atoms with Crippen molar-refractivity contribution in [3.05, 3.63) is 0 Å². The second-order valence-corrected chi connectivity index (χ2v) is 8.20. The van der Waals surface area contributed by atoms with Crippen molar-refractivity contribution >= 4 is 15.7 Å². The molecular weight excluding hydrogens is 278 g/mol. The summed E-state index contributed by atoms with van der Waals surface area (Å²) in [6, 6.07) is 0.112. The van der Waals surface area contributed by atoms with Crippen LogP contribution in [0.25, 0.3) is 0 Å². The average Bonchev–Trinajstić information content (AvgIpc) is 2.44. The molecule has 1 aliphatic carbocycles. The Kier molecular flexibility index (Phi) is 5.43. The Labute approximate surface area is 121 Å². The second-order valence-electron chi connectivity index (χ2n) is 5.90. The standard InChI is InChI=1S/C14H25NO4S/c16-10-9-15(12-6-2-1-3-7-12)14(17)13-8-4-5-11-20(13,18)19/h12-13,16H,1-11H2. The summed E-state index contributed by atoms with van der Waals surface area (Å²) < 4.78 is 24.2. The molecule has 5 nitrogen and oxygen atoms in total. The van der Waals surface area contributed by atoms with E-state index in [1.165, 1.54) is 6.42 Å². The smallest absolute Gasteiger partial charge is 0.241 e. The van der Waals surface area contributed by atoms with Crippen LogP contribution in [0.4, 0.5) is 0 Å². The molecule has 1 N–H and O–H groups in total. The molecule has 1 saturated carbocycles. The highest BCUT2D eigenvalue weighted by Gasteiger charge is 2.39. The zero-order valence-corrected chi connectivity index (χ0v) is 12.8. The fraction of sp³-hybridized carbons (Fsp3) is 0.929. The maximum absolute atomic E-state index is 12.6. The number of aliphatic hydroxyl groups excluding tert-OH is 1. The van der Waals surface area contributed by atoms with Gasteiger partial charge in [0.1, 0.15) is 5.25 Å². The third-order valence-corrected chi connectivity index (χ3v) is 6.66. The molecule has 0 bridgehead atoms. The molecule has 116 valence electrons. The molecule has 0 radical (unpaired) electrons. The van der Waals surface area contributed by atoms with E-state index in [2.05, 4.69) is 0 Å². The summed E-state index contributed by atoms with van der Waals surface area (Å²) in [6.07, 6.45) is 7.10. The monoisotopic (exact) mass is 303 g/mol. The maximum Gasteiger partial charge on any atom is 0.241 e. The molecule has 0 aromatic carbocycles. The topological polar surface area (TPSA) is 74.7 Å². The Hall–Kier alpha value is -0.620. The number of amides is 1. The molecule has 2 aliphatic rings. The number of hydrogen-bond donors (Lipinski definition) is 1. The van der Waals surface area contributed by atoms with E-state index in [0.717, 1.165) is 32.1 Å². The van der Waals surface area contributed by atoms with Crippen LogP contribution in [0.3, 0.4) is 0 Å². The predicted molar refractivity (Wildman–Crippen MR) is 77.1 cm³/mol. The highest BCUT2D eigenvalue weighted by molar-refractivity contribution is 7.92. The van der Waals surface area contributed by atoms with Crippen LogP contribution in [0.5, 0.6) is 0 Å². The van der Waals surface area contributed by atoms with E-state index in [1.54, 1.807) is 4.90 Å². The average molecular weight is 303 g/mol. The van der Waals surface area contributed by atoms with Gasteiger partial charge in [0.25, 0.3) is 0 Å². The van der Waals surface area contributed by atoms with E-state index in [-0.39, 0.29) is 30.9 Å². The van der Waals surface area contributed by atoms with Gasteiger partial charge in [0.05, 0.1) is 12.4 Å². The lowest BCUT2D eigenvalue weighted by molar-refractivity contribution is -0.134. The summed E-state index contributed by atoms with van der Waals surface area (Å²) in [4.78, 5) is 14.3. The zero-order chi connectivity index (χ0) is 14.6. The highest BCUT2D eigenvalue weighted by Crippen LogP contribution is 2.27. The van der Waals surface area contributed by atoms with Gasteiger partial charge in [0.2, 0.25) is 5.91 Å². The Morgan fingerprint density at radius 1 is 1.05 bits per heavy atom. The molecule has 1 aliphatic heterocycles. The van der Waals surface area contributed by atoms with E-state index in [1.807, 2.05) is 0 Å². The van der Waals surface area contributed by atoms with Crippen LogP contribution in [-0.4, -0.2) is 54.5 Å². The van der Waals surface area contributed by atoms with Gasteiger partial charge in [0.15, 0.2) is 9.84 Å². The Balaban J connectivity index is 2.13. The van der Waals surface area contributed by atoms with Crippen molar-refractivity contribution in [3.63, 3.8) is 0 Å². The van der Waals surface area contributed by atoms with Gasteiger partial charge in [-0.15, -0.1) is 0 Å². The molecular formula is C14H25NO4S. The first-order valence-corrected chi connectivity index (χ1v) is 9.40. The summed E-state index contributed by atoms with van der Waals surface area (Å²) in [5, 5.41) is 8.33. The molecule has 1 atom stereocenters. The summed E-state index contributed by atoms with van der Waals surface area (Å²) in [7, 11) is -3.30. The van der Waals surface area contributed by atoms with Gasteiger partial charge in [-0.3, -0.25) is 4.79 Å². The lowest BCUT2D eigenvalue weighted by Gasteiger charge is -2.36. The van der Waals surface area contributed by atoms with Crippen LogP contribution >= 0.6 is 0 Å². The number of sulfone groups is 1. The first kappa shape index (κ1) is 15.8. The van der Waals surface area contributed by atoms with Crippen molar-refractivity contribution in [1.29, 1.82) is 0 Å². The fourth-order valence-corrected chi connectivity index (χ4v) is 5.25. The van der Waals surface area contributed by atoms with Gasteiger partial charge in [-0.05, 0) is 25.7 Å². The van der Waals surface area contributed by atoms with Gasteiger partial charge < -0.3 is 10.0 Å². The number of nitrogens with zero attached hydrogens (tertiary/aromatic N) is 1.